The van der Waals surface area contributed by atoms with Crippen LogP contribution in [-0.4, -0.2) is 47.2 Å². The summed E-state index contributed by atoms with van der Waals surface area (Å²) in [6, 6.07) is 16.4. The zero-order valence-electron chi connectivity index (χ0n) is 18.1. The number of hydrogen-bond acceptors (Lipinski definition) is 4. The van der Waals surface area contributed by atoms with Gasteiger partial charge in [-0.2, -0.15) is 0 Å². The van der Waals surface area contributed by atoms with E-state index in [1.54, 1.807) is 0 Å². The van der Waals surface area contributed by atoms with Crippen molar-refractivity contribution in [3.63, 3.8) is 0 Å². The molecule has 0 radical (unpaired) electrons. The Balaban J connectivity index is 1.41. The van der Waals surface area contributed by atoms with Gasteiger partial charge in [0.05, 0.1) is 5.69 Å². The SMILES string of the molecule is Cc1ccc(-c2ccc(N3CCN(C(=O)c4ccc(C)c(C)c4)CC3)nn2)c(C)c1. The summed E-state index contributed by atoms with van der Waals surface area (Å²) in [5.74, 6) is 0.968. The molecule has 0 saturated carbocycles. The van der Waals surface area contributed by atoms with E-state index in [0.29, 0.717) is 13.1 Å². The topological polar surface area (TPSA) is 49.3 Å². The van der Waals surface area contributed by atoms with E-state index in [-0.39, 0.29) is 5.91 Å². The van der Waals surface area contributed by atoms with Gasteiger partial charge in [0.15, 0.2) is 5.82 Å². The first-order valence-electron chi connectivity index (χ1n) is 10.5. The van der Waals surface area contributed by atoms with Crippen LogP contribution in [0.15, 0.2) is 48.5 Å². The molecule has 1 aromatic heterocycles. The average Bonchev–Trinajstić information content (AvgIpc) is 2.75. The first kappa shape index (κ1) is 20.1. The van der Waals surface area contributed by atoms with Crippen LogP contribution in [0.25, 0.3) is 11.3 Å². The zero-order chi connectivity index (χ0) is 21.3. The number of amides is 1. The molecule has 0 aliphatic carbocycles. The zero-order valence-corrected chi connectivity index (χ0v) is 18.1. The van der Waals surface area contributed by atoms with Crippen LogP contribution in [0.1, 0.15) is 32.6 Å². The molecule has 2 heterocycles. The second-order valence-electron chi connectivity index (χ2n) is 8.17. The molecule has 0 atom stereocenters. The van der Waals surface area contributed by atoms with Gasteiger partial charge in [0.2, 0.25) is 0 Å². The lowest BCUT2D eigenvalue weighted by Gasteiger charge is -2.35. The van der Waals surface area contributed by atoms with Gasteiger partial charge in [0, 0.05) is 37.3 Å². The fraction of sp³-hybridized carbons (Fsp3) is 0.320. The predicted octanol–water partition coefficient (Wildman–Crippen LogP) is 4.34. The summed E-state index contributed by atoms with van der Waals surface area (Å²) < 4.78 is 0. The Bertz CT molecular complexity index is 1070. The summed E-state index contributed by atoms with van der Waals surface area (Å²) in [4.78, 5) is 17.0. The van der Waals surface area contributed by atoms with Crippen molar-refractivity contribution in [2.24, 2.45) is 0 Å². The van der Waals surface area contributed by atoms with Gasteiger partial charge in [-0.05, 0) is 68.7 Å². The Labute approximate surface area is 178 Å². The van der Waals surface area contributed by atoms with Crippen LogP contribution in [0.5, 0.6) is 0 Å². The first-order chi connectivity index (χ1) is 14.4. The molecule has 0 N–H and O–H groups in total. The standard InChI is InChI=1S/C25H28N4O/c1-17-5-8-22(20(4)15-17)23-9-10-24(27-26-23)28-11-13-29(14-12-28)25(30)21-7-6-18(2)19(3)16-21/h5-10,15-16H,11-14H2,1-4H3. The lowest BCUT2D eigenvalue weighted by Crippen LogP contribution is -2.49. The number of anilines is 1. The summed E-state index contributed by atoms with van der Waals surface area (Å²) in [6.45, 7) is 11.2. The third-order valence-electron chi connectivity index (χ3n) is 5.95. The molecule has 0 bridgehead atoms. The van der Waals surface area contributed by atoms with Crippen molar-refractivity contribution < 1.29 is 4.79 Å². The molecule has 1 aliphatic heterocycles. The van der Waals surface area contributed by atoms with Gasteiger partial charge < -0.3 is 9.80 Å². The summed E-state index contributed by atoms with van der Waals surface area (Å²) in [5.41, 5.74) is 7.58. The lowest BCUT2D eigenvalue weighted by molar-refractivity contribution is 0.0746. The van der Waals surface area contributed by atoms with E-state index in [9.17, 15) is 4.79 Å². The molecule has 1 saturated heterocycles. The molecule has 3 aromatic rings. The van der Waals surface area contributed by atoms with Gasteiger partial charge in [-0.1, -0.05) is 29.8 Å². The monoisotopic (exact) mass is 400 g/mol. The molecule has 0 unspecified atom stereocenters. The Kier molecular flexibility index (Phi) is 5.53. The quantitative estimate of drug-likeness (QED) is 0.656. The predicted molar refractivity (Wildman–Crippen MR) is 121 cm³/mol. The number of carbonyl (C=O) groups is 1. The minimum atomic E-state index is 0.106. The molecule has 154 valence electrons. The van der Waals surface area contributed by atoms with Crippen molar-refractivity contribution in [3.8, 4) is 11.3 Å². The molecule has 1 fully saturated rings. The maximum Gasteiger partial charge on any atom is 0.253 e. The van der Waals surface area contributed by atoms with Crippen molar-refractivity contribution in [1.29, 1.82) is 0 Å². The smallest absolute Gasteiger partial charge is 0.253 e. The molecule has 0 spiro atoms. The molecular formula is C25H28N4O. The molecule has 4 rings (SSSR count). The number of rotatable bonds is 3. The molecule has 2 aromatic carbocycles. The van der Waals surface area contributed by atoms with Gasteiger partial charge in [-0.25, -0.2) is 0 Å². The van der Waals surface area contributed by atoms with Crippen LogP contribution < -0.4 is 4.90 Å². The maximum absolute atomic E-state index is 12.8. The minimum Gasteiger partial charge on any atom is -0.352 e. The highest BCUT2D eigenvalue weighted by Crippen LogP contribution is 2.24. The van der Waals surface area contributed by atoms with Crippen LogP contribution in [0.3, 0.4) is 0 Å². The van der Waals surface area contributed by atoms with Crippen molar-refractivity contribution in [1.82, 2.24) is 15.1 Å². The molecule has 1 amide bonds. The van der Waals surface area contributed by atoms with E-state index in [2.05, 4.69) is 54.1 Å². The summed E-state index contributed by atoms with van der Waals surface area (Å²) in [6.07, 6.45) is 0. The summed E-state index contributed by atoms with van der Waals surface area (Å²) in [5, 5.41) is 8.93. The van der Waals surface area contributed by atoms with E-state index in [0.717, 1.165) is 41.3 Å². The van der Waals surface area contributed by atoms with Gasteiger partial charge in [0.25, 0.3) is 5.91 Å². The number of hydrogen-bond donors (Lipinski definition) is 0. The van der Waals surface area contributed by atoms with Crippen LogP contribution in [0, 0.1) is 27.7 Å². The largest absolute Gasteiger partial charge is 0.352 e. The van der Waals surface area contributed by atoms with Gasteiger partial charge in [0.1, 0.15) is 0 Å². The number of carbonyl (C=O) groups excluding carboxylic acids is 1. The average molecular weight is 401 g/mol. The fourth-order valence-corrected chi connectivity index (χ4v) is 3.93. The van der Waals surface area contributed by atoms with Crippen molar-refractivity contribution in [2.45, 2.75) is 27.7 Å². The normalized spacial score (nSPS) is 14.1. The summed E-state index contributed by atoms with van der Waals surface area (Å²) in [7, 11) is 0. The summed E-state index contributed by atoms with van der Waals surface area (Å²) >= 11 is 0. The van der Waals surface area contributed by atoms with Gasteiger partial charge in [-0.15, -0.1) is 10.2 Å². The van der Waals surface area contributed by atoms with Crippen LogP contribution >= 0.6 is 0 Å². The molecule has 5 heteroatoms. The van der Waals surface area contributed by atoms with Gasteiger partial charge in [-0.3, -0.25) is 4.79 Å². The Morgan fingerprint density at radius 1 is 0.767 bits per heavy atom. The van der Waals surface area contributed by atoms with E-state index >= 15 is 0 Å². The number of piperazine rings is 1. The highest BCUT2D eigenvalue weighted by atomic mass is 16.2. The Hall–Kier alpha value is -3.21. The van der Waals surface area contributed by atoms with Gasteiger partial charge >= 0.3 is 0 Å². The van der Waals surface area contributed by atoms with Crippen molar-refractivity contribution >= 4 is 11.7 Å². The lowest BCUT2D eigenvalue weighted by atomic mass is 10.0. The maximum atomic E-state index is 12.8. The van der Waals surface area contributed by atoms with Crippen LogP contribution in [-0.2, 0) is 0 Å². The second-order valence-corrected chi connectivity index (χ2v) is 8.17. The molecular weight excluding hydrogens is 372 g/mol. The highest BCUT2D eigenvalue weighted by Gasteiger charge is 2.23. The molecule has 5 nitrogen and oxygen atoms in total. The van der Waals surface area contributed by atoms with E-state index in [4.69, 9.17) is 0 Å². The molecule has 30 heavy (non-hydrogen) atoms. The van der Waals surface area contributed by atoms with E-state index in [1.807, 2.05) is 42.2 Å². The second kappa shape index (κ2) is 8.27. The fourth-order valence-electron chi connectivity index (χ4n) is 3.93. The number of aryl methyl sites for hydroxylation is 4. The first-order valence-corrected chi connectivity index (χ1v) is 10.5. The highest BCUT2D eigenvalue weighted by molar-refractivity contribution is 5.94. The number of aromatic nitrogens is 2. The van der Waals surface area contributed by atoms with E-state index in [1.165, 1.54) is 16.7 Å². The van der Waals surface area contributed by atoms with Crippen LogP contribution in [0.4, 0.5) is 5.82 Å². The third kappa shape index (κ3) is 4.06. The number of nitrogens with zero attached hydrogens (tertiary/aromatic N) is 4. The van der Waals surface area contributed by atoms with Crippen LogP contribution in [0.2, 0.25) is 0 Å². The third-order valence-corrected chi connectivity index (χ3v) is 5.95. The molecule has 1 aliphatic rings. The van der Waals surface area contributed by atoms with E-state index < -0.39 is 0 Å². The number of benzene rings is 2. The Morgan fingerprint density at radius 2 is 1.53 bits per heavy atom. The Morgan fingerprint density at radius 3 is 2.17 bits per heavy atom. The minimum absolute atomic E-state index is 0.106. The van der Waals surface area contributed by atoms with Crippen molar-refractivity contribution in [2.75, 3.05) is 31.1 Å². The van der Waals surface area contributed by atoms with Crippen molar-refractivity contribution in [3.05, 3.63) is 76.3 Å².